The summed E-state index contributed by atoms with van der Waals surface area (Å²) >= 11 is 0. The van der Waals surface area contributed by atoms with Crippen LogP contribution in [0.1, 0.15) is 24.8 Å². The molecule has 0 spiro atoms. The number of sulfonamides is 1. The molecule has 0 unspecified atom stereocenters. The van der Waals surface area contributed by atoms with E-state index >= 15 is 0 Å². The first-order valence-corrected chi connectivity index (χ1v) is 9.20. The lowest BCUT2D eigenvalue weighted by Crippen LogP contribution is -2.38. The van der Waals surface area contributed by atoms with Crippen LogP contribution in [0.3, 0.4) is 0 Å². The number of amides is 1. The van der Waals surface area contributed by atoms with E-state index in [0.717, 1.165) is 25.9 Å². The van der Waals surface area contributed by atoms with Crippen LogP contribution in [0.15, 0.2) is 23.1 Å². The molecule has 128 valence electrons. The van der Waals surface area contributed by atoms with Crippen molar-refractivity contribution >= 4 is 15.9 Å². The molecule has 0 N–H and O–H groups in total. The number of benzene rings is 1. The van der Waals surface area contributed by atoms with Crippen molar-refractivity contribution in [2.24, 2.45) is 0 Å². The molecule has 0 saturated carbocycles. The number of likely N-dealkylation sites (tertiary alicyclic amines) is 1. The fourth-order valence-electron chi connectivity index (χ4n) is 2.53. The third kappa shape index (κ3) is 4.23. The summed E-state index contributed by atoms with van der Waals surface area (Å²) in [6.07, 6.45) is 3.26. The van der Waals surface area contributed by atoms with Crippen LogP contribution in [-0.2, 0) is 14.8 Å². The Morgan fingerprint density at radius 2 is 1.87 bits per heavy atom. The maximum absolute atomic E-state index is 12.1. The van der Waals surface area contributed by atoms with Crippen LogP contribution < -0.4 is 4.74 Å². The first-order chi connectivity index (χ1) is 10.8. The standard InChI is InChI=1S/C16H24N2O4S/c1-13-11-14(23(20,21)17(2)3)7-8-15(13)22-12-16(19)18-9-5-4-6-10-18/h7-8,11H,4-6,9-10,12H2,1-3H3. The summed E-state index contributed by atoms with van der Waals surface area (Å²) in [5, 5.41) is 0. The summed E-state index contributed by atoms with van der Waals surface area (Å²) in [6.45, 7) is 3.35. The summed E-state index contributed by atoms with van der Waals surface area (Å²) < 4.78 is 30.9. The van der Waals surface area contributed by atoms with Gasteiger partial charge in [-0.05, 0) is 49.9 Å². The van der Waals surface area contributed by atoms with E-state index in [4.69, 9.17) is 4.74 Å². The van der Waals surface area contributed by atoms with Gasteiger partial charge in [-0.1, -0.05) is 0 Å². The molecule has 2 rings (SSSR count). The molecule has 0 aromatic heterocycles. The second kappa shape index (κ2) is 7.31. The van der Waals surface area contributed by atoms with E-state index < -0.39 is 10.0 Å². The van der Waals surface area contributed by atoms with E-state index in [9.17, 15) is 13.2 Å². The molecule has 0 atom stereocenters. The van der Waals surface area contributed by atoms with Crippen LogP contribution in [0.4, 0.5) is 0 Å². The second-order valence-corrected chi connectivity index (χ2v) is 8.10. The van der Waals surface area contributed by atoms with Gasteiger partial charge >= 0.3 is 0 Å². The van der Waals surface area contributed by atoms with E-state index in [0.29, 0.717) is 11.3 Å². The highest BCUT2D eigenvalue weighted by Crippen LogP contribution is 2.23. The summed E-state index contributed by atoms with van der Waals surface area (Å²) in [7, 11) is -0.477. The van der Waals surface area contributed by atoms with Crippen molar-refractivity contribution in [2.75, 3.05) is 33.8 Å². The minimum atomic E-state index is -3.46. The molecule has 1 aromatic rings. The Hall–Kier alpha value is -1.60. The highest BCUT2D eigenvalue weighted by molar-refractivity contribution is 7.89. The third-order valence-electron chi connectivity index (χ3n) is 3.98. The van der Waals surface area contributed by atoms with Crippen LogP contribution in [0.5, 0.6) is 5.75 Å². The summed E-state index contributed by atoms with van der Waals surface area (Å²) in [5.74, 6) is 0.516. The van der Waals surface area contributed by atoms with Crippen molar-refractivity contribution in [3.8, 4) is 5.75 Å². The van der Waals surface area contributed by atoms with Gasteiger partial charge in [0.1, 0.15) is 5.75 Å². The molecule has 7 heteroatoms. The molecule has 0 radical (unpaired) electrons. The maximum atomic E-state index is 12.1. The third-order valence-corrected chi connectivity index (χ3v) is 5.80. The normalized spacial score (nSPS) is 15.7. The molecule has 0 bridgehead atoms. The lowest BCUT2D eigenvalue weighted by atomic mass is 10.1. The molecule has 1 heterocycles. The van der Waals surface area contributed by atoms with Gasteiger partial charge in [0.2, 0.25) is 10.0 Å². The maximum Gasteiger partial charge on any atom is 0.260 e. The monoisotopic (exact) mass is 340 g/mol. The molecule has 23 heavy (non-hydrogen) atoms. The molecule has 6 nitrogen and oxygen atoms in total. The van der Waals surface area contributed by atoms with E-state index in [1.807, 2.05) is 4.90 Å². The highest BCUT2D eigenvalue weighted by atomic mass is 32.2. The lowest BCUT2D eigenvalue weighted by molar-refractivity contribution is -0.134. The van der Waals surface area contributed by atoms with Gasteiger partial charge in [0.25, 0.3) is 5.91 Å². The predicted octanol–water partition coefficient (Wildman–Crippen LogP) is 1.64. The summed E-state index contributed by atoms with van der Waals surface area (Å²) in [6, 6.07) is 4.67. The van der Waals surface area contributed by atoms with Crippen molar-refractivity contribution in [2.45, 2.75) is 31.1 Å². The van der Waals surface area contributed by atoms with E-state index in [1.54, 1.807) is 19.1 Å². The molecule has 1 aliphatic heterocycles. The molecule has 1 aromatic carbocycles. The SMILES string of the molecule is Cc1cc(S(=O)(=O)N(C)C)ccc1OCC(=O)N1CCCCC1. The van der Waals surface area contributed by atoms with Crippen molar-refractivity contribution in [3.63, 3.8) is 0 Å². The van der Waals surface area contributed by atoms with Crippen LogP contribution in [0, 0.1) is 6.92 Å². The van der Waals surface area contributed by atoms with Crippen LogP contribution in [0.25, 0.3) is 0 Å². The predicted molar refractivity (Wildman–Crippen MR) is 88.0 cm³/mol. The molecule has 1 saturated heterocycles. The Bertz CT molecular complexity index is 665. The number of carbonyl (C=O) groups is 1. The molecular weight excluding hydrogens is 316 g/mol. The number of hydrogen-bond donors (Lipinski definition) is 0. The first-order valence-electron chi connectivity index (χ1n) is 7.76. The van der Waals surface area contributed by atoms with E-state index in [2.05, 4.69) is 0 Å². The van der Waals surface area contributed by atoms with Gasteiger partial charge in [-0.3, -0.25) is 4.79 Å². The first kappa shape index (κ1) is 17.7. The van der Waals surface area contributed by atoms with Crippen LogP contribution in [0.2, 0.25) is 0 Å². The van der Waals surface area contributed by atoms with E-state index in [-0.39, 0.29) is 17.4 Å². The molecule has 0 aliphatic carbocycles. The number of piperidine rings is 1. The van der Waals surface area contributed by atoms with Gasteiger partial charge in [-0.25, -0.2) is 12.7 Å². The Labute approximate surface area is 138 Å². The molecule has 1 aliphatic rings. The zero-order valence-corrected chi connectivity index (χ0v) is 14.7. The second-order valence-electron chi connectivity index (χ2n) is 5.94. The summed E-state index contributed by atoms with van der Waals surface area (Å²) in [4.78, 5) is 14.1. The largest absolute Gasteiger partial charge is 0.483 e. The summed E-state index contributed by atoms with van der Waals surface area (Å²) in [5.41, 5.74) is 0.694. The van der Waals surface area contributed by atoms with Crippen molar-refractivity contribution in [3.05, 3.63) is 23.8 Å². The lowest BCUT2D eigenvalue weighted by Gasteiger charge is -2.26. The number of rotatable bonds is 5. The Morgan fingerprint density at radius 3 is 2.43 bits per heavy atom. The van der Waals surface area contributed by atoms with Crippen molar-refractivity contribution in [1.29, 1.82) is 0 Å². The zero-order valence-electron chi connectivity index (χ0n) is 13.9. The number of aryl methyl sites for hydroxylation is 1. The van der Waals surface area contributed by atoms with Gasteiger partial charge < -0.3 is 9.64 Å². The van der Waals surface area contributed by atoms with Crippen molar-refractivity contribution in [1.82, 2.24) is 9.21 Å². The zero-order chi connectivity index (χ0) is 17.0. The van der Waals surface area contributed by atoms with Crippen molar-refractivity contribution < 1.29 is 17.9 Å². The van der Waals surface area contributed by atoms with Gasteiger partial charge in [0, 0.05) is 27.2 Å². The fourth-order valence-corrected chi connectivity index (χ4v) is 3.52. The topological polar surface area (TPSA) is 66.9 Å². The smallest absolute Gasteiger partial charge is 0.260 e. The Morgan fingerprint density at radius 1 is 1.22 bits per heavy atom. The van der Waals surface area contributed by atoms with Crippen LogP contribution in [-0.4, -0.2) is 57.3 Å². The quantitative estimate of drug-likeness (QED) is 0.817. The minimum Gasteiger partial charge on any atom is -0.483 e. The van der Waals surface area contributed by atoms with Gasteiger partial charge in [0.05, 0.1) is 4.90 Å². The minimum absolute atomic E-state index is 0.0133. The molecular formula is C16H24N2O4S. The van der Waals surface area contributed by atoms with Gasteiger partial charge in [0.15, 0.2) is 6.61 Å². The molecule has 1 fully saturated rings. The van der Waals surface area contributed by atoms with E-state index in [1.165, 1.54) is 30.9 Å². The number of hydrogen-bond acceptors (Lipinski definition) is 4. The number of carbonyl (C=O) groups excluding carboxylic acids is 1. The average molecular weight is 340 g/mol. The van der Waals surface area contributed by atoms with Gasteiger partial charge in [-0.15, -0.1) is 0 Å². The average Bonchev–Trinajstić information content (AvgIpc) is 2.54. The number of nitrogens with zero attached hydrogens (tertiary/aromatic N) is 2. The van der Waals surface area contributed by atoms with Crippen LogP contribution >= 0.6 is 0 Å². The highest BCUT2D eigenvalue weighted by Gasteiger charge is 2.19. The number of ether oxygens (including phenoxy) is 1. The fraction of sp³-hybridized carbons (Fsp3) is 0.562. The Kier molecular flexibility index (Phi) is 5.64. The molecule has 1 amide bonds. The van der Waals surface area contributed by atoms with Gasteiger partial charge in [-0.2, -0.15) is 0 Å². The Balaban J connectivity index is 2.03.